The lowest BCUT2D eigenvalue weighted by Crippen LogP contribution is -2.38. The van der Waals surface area contributed by atoms with Crippen LogP contribution in [0, 0.1) is 13.8 Å². The number of urea groups is 1. The summed E-state index contributed by atoms with van der Waals surface area (Å²) >= 11 is 0. The molecule has 2 N–H and O–H groups in total. The normalized spacial score (nSPS) is 14.3. The van der Waals surface area contributed by atoms with Crippen molar-refractivity contribution >= 4 is 28.3 Å². The van der Waals surface area contributed by atoms with Gasteiger partial charge >= 0.3 is 6.03 Å². The maximum absolute atomic E-state index is 13.3. The highest BCUT2D eigenvalue weighted by Crippen LogP contribution is 2.32. The van der Waals surface area contributed by atoms with Crippen molar-refractivity contribution in [3.63, 3.8) is 0 Å². The van der Waals surface area contributed by atoms with Gasteiger partial charge in [0.15, 0.2) is 0 Å². The molecule has 40 heavy (non-hydrogen) atoms. The number of amides is 2. The second kappa shape index (κ2) is 11.7. The number of morpholine rings is 1. The predicted molar refractivity (Wildman–Crippen MR) is 161 cm³/mol. The van der Waals surface area contributed by atoms with Crippen molar-refractivity contribution in [2.75, 3.05) is 50.1 Å². The fraction of sp³-hybridized carbons (Fsp3) is 0.375. The first kappa shape index (κ1) is 27.7. The second-order valence-corrected chi connectivity index (χ2v) is 11.4. The van der Waals surface area contributed by atoms with Crippen LogP contribution in [-0.4, -0.2) is 60.2 Å². The van der Waals surface area contributed by atoms with Crippen molar-refractivity contribution in [1.29, 1.82) is 0 Å². The molecule has 3 aromatic carbocycles. The second-order valence-electron chi connectivity index (χ2n) is 11.4. The van der Waals surface area contributed by atoms with Crippen LogP contribution < -0.4 is 15.4 Å². The summed E-state index contributed by atoms with van der Waals surface area (Å²) in [5.41, 5.74) is 4.62. The van der Waals surface area contributed by atoms with Crippen molar-refractivity contribution in [2.45, 2.75) is 40.0 Å². The molecule has 0 radical (unpaired) electrons. The first-order chi connectivity index (χ1) is 19.2. The van der Waals surface area contributed by atoms with Gasteiger partial charge in [-0.3, -0.25) is 10.2 Å². The molecule has 2 heterocycles. The van der Waals surface area contributed by atoms with E-state index in [1.54, 1.807) is 0 Å². The van der Waals surface area contributed by atoms with Crippen LogP contribution in [0.2, 0.25) is 0 Å². The van der Waals surface area contributed by atoms with Crippen LogP contribution in [0.3, 0.4) is 0 Å². The van der Waals surface area contributed by atoms with Crippen LogP contribution in [-0.2, 0) is 10.2 Å². The van der Waals surface area contributed by atoms with E-state index in [0.29, 0.717) is 18.1 Å². The molecular formula is C32H39N5O3. The van der Waals surface area contributed by atoms with E-state index in [9.17, 15) is 4.79 Å². The molecule has 1 aliphatic rings. The summed E-state index contributed by atoms with van der Waals surface area (Å²) in [5.74, 6) is 1.42. The number of hydrogen-bond acceptors (Lipinski definition) is 5. The van der Waals surface area contributed by atoms with Gasteiger partial charge in [0.1, 0.15) is 18.2 Å². The van der Waals surface area contributed by atoms with Gasteiger partial charge in [0, 0.05) is 41.9 Å². The Kier molecular flexibility index (Phi) is 8.09. The fourth-order valence-electron chi connectivity index (χ4n) is 4.95. The van der Waals surface area contributed by atoms with Gasteiger partial charge in [-0.25, -0.2) is 9.48 Å². The van der Waals surface area contributed by atoms with Crippen molar-refractivity contribution in [1.82, 2.24) is 14.7 Å². The van der Waals surface area contributed by atoms with Crippen molar-refractivity contribution in [2.24, 2.45) is 0 Å². The Morgan fingerprint density at radius 2 is 1.73 bits per heavy atom. The van der Waals surface area contributed by atoms with Crippen LogP contribution in [0.4, 0.5) is 16.3 Å². The molecule has 0 spiro atoms. The molecule has 1 aliphatic heterocycles. The van der Waals surface area contributed by atoms with Crippen LogP contribution in [0.5, 0.6) is 5.75 Å². The summed E-state index contributed by atoms with van der Waals surface area (Å²) in [6.45, 7) is 15.3. The van der Waals surface area contributed by atoms with Crippen molar-refractivity contribution in [3.05, 3.63) is 77.5 Å². The molecule has 4 aromatic rings. The maximum atomic E-state index is 13.3. The number of anilines is 2. The van der Waals surface area contributed by atoms with Gasteiger partial charge in [-0.1, -0.05) is 62.7 Å². The number of benzene rings is 3. The van der Waals surface area contributed by atoms with Gasteiger partial charge in [0.25, 0.3) is 0 Å². The van der Waals surface area contributed by atoms with E-state index in [0.717, 1.165) is 66.3 Å². The first-order valence-corrected chi connectivity index (χ1v) is 13.9. The fourth-order valence-corrected chi connectivity index (χ4v) is 4.95. The highest BCUT2D eigenvalue weighted by Gasteiger charge is 2.22. The zero-order valence-electron chi connectivity index (χ0n) is 24.1. The minimum Gasteiger partial charge on any atom is -0.492 e. The van der Waals surface area contributed by atoms with E-state index in [2.05, 4.69) is 62.3 Å². The lowest BCUT2D eigenvalue weighted by atomic mass is 9.92. The summed E-state index contributed by atoms with van der Waals surface area (Å²) in [6.07, 6.45) is 0. The first-order valence-electron chi connectivity index (χ1n) is 13.9. The Bertz CT molecular complexity index is 1500. The average molecular weight is 542 g/mol. The molecule has 0 saturated carbocycles. The molecule has 1 fully saturated rings. The van der Waals surface area contributed by atoms with Crippen LogP contribution in [0.1, 0.15) is 37.6 Å². The minimum absolute atomic E-state index is 0.176. The van der Waals surface area contributed by atoms with E-state index < -0.39 is 0 Å². The van der Waals surface area contributed by atoms with Gasteiger partial charge in [-0.05, 0) is 37.6 Å². The largest absolute Gasteiger partial charge is 0.492 e. The summed E-state index contributed by atoms with van der Waals surface area (Å²) in [6, 6.07) is 19.6. The molecule has 210 valence electrons. The maximum Gasteiger partial charge on any atom is 0.324 e. The summed E-state index contributed by atoms with van der Waals surface area (Å²) < 4.78 is 13.4. The lowest BCUT2D eigenvalue weighted by Gasteiger charge is -2.26. The van der Waals surface area contributed by atoms with E-state index in [-0.39, 0.29) is 11.4 Å². The smallest absolute Gasteiger partial charge is 0.324 e. The highest BCUT2D eigenvalue weighted by molar-refractivity contribution is 6.07. The molecule has 5 rings (SSSR count). The Labute approximate surface area is 236 Å². The molecule has 0 aliphatic carbocycles. The van der Waals surface area contributed by atoms with E-state index in [1.165, 1.54) is 5.56 Å². The number of ether oxygens (including phenoxy) is 2. The quantitative estimate of drug-likeness (QED) is 0.287. The molecule has 8 nitrogen and oxygen atoms in total. The Hall–Kier alpha value is -3.88. The van der Waals surface area contributed by atoms with E-state index >= 15 is 0 Å². The third kappa shape index (κ3) is 6.29. The summed E-state index contributed by atoms with van der Waals surface area (Å²) in [5, 5.41) is 12.8. The topological polar surface area (TPSA) is 80.7 Å². The van der Waals surface area contributed by atoms with E-state index in [4.69, 9.17) is 14.6 Å². The molecular weight excluding hydrogens is 502 g/mol. The zero-order chi connectivity index (χ0) is 28.3. The van der Waals surface area contributed by atoms with Crippen molar-refractivity contribution < 1.29 is 14.3 Å². The number of carbonyl (C=O) groups is 1. The molecule has 8 heteroatoms. The summed E-state index contributed by atoms with van der Waals surface area (Å²) in [7, 11) is 0. The molecule has 0 atom stereocenters. The van der Waals surface area contributed by atoms with Crippen LogP contribution in [0.15, 0.2) is 60.7 Å². The highest BCUT2D eigenvalue weighted by atomic mass is 16.5. The SMILES string of the molecule is Cc1ccc(-n2nc(C(C)(C)C)cc2NC(=O)Nc2ccc(OCCN3CCOCC3)c3ccccc23)c(C)c1. The van der Waals surface area contributed by atoms with Crippen LogP contribution in [0.25, 0.3) is 16.5 Å². The lowest BCUT2D eigenvalue weighted by molar-refractivity contribution is 0.0323. The van der Waals surface area contributed by atoms with Gasteiger partial charge in [0.05, 0.1) is 30.3 Å². The molecule has 1 saturated heterocycles. The molecule has 0 bridgehead atoms. The van der Waals surface area contributed by atoms with Crippen molar-refractivity contribution in [3.8, 4) is 11.4 Å². The number of rotatable bonds is 7. The standard InChI is InChI=1S/C32H39N5O3/c1-22-10-12-27(23(2)20-22)37-30(21-29(35-37)32(3,4)5)34-31(38)33-26-11-13-28(25-9-7-6-8-24(25)26)40-19-16-36-14-17-39-18-15-36/h6-13,20-21H,14-19H2,1-5H3,(H2,33,34,38). The molecule has 0 unspecified atom stereocenters. The number of carbonyl (C=O) groups excluding carboxylic acids is 1. The number of aromatic nitrogens is 2. The molecule has 1 aromatic heterocycles. The third-order valence-corrected chi connectivity index (χ3v) is 7.20. The zero-order valence-corrected chi connectivity index (χ0v) is 24.1. The molecule has 2 amide bonds. The Morgan fingerprint density at radius 1 is 0.975 bits per heavy atom. The van der Waals surface area contributed by atoms with Gasteiger partial charge in [-0.15, -0.1) is 0 Å². The third-order valence-electron chi connectivity index (χ3n) is 7.20. The number of nitrogens with one attached hydrogen (secondary N) is 2. The van der Waals surface area contributed by atoms with Gasteiger partial charge < -0.3 is 14.8 Å². The Morgan fingerprint density at radius 3 is 2.45 bits per heavy atom. The van der Waals surface area contributed by atoms with Gasteiger partial charge in [-0.2, -0.15) is 5.10 Å². The predicted octanol–water partition coefficient (Wildman–Crippen LogP) is 6.29. The minimum atomic E-state index is -0.336. The van der Waals surface area contributed by atoms with E-state index in [1.807, 2.05) is 53.2 Å². The Balaban J connectivity index is 1.35. The van der Waals surface area contributed by atoms with Gasteiger partial charge in [0.2, 0.25) is 0 Å². The number of hydrogen-bond donors (Lipinski definition) is 2. The summed E-state index contributed by atoms with van der Waals surface area (Å²) in [4.78, 5) is 15.7. The number of fused-ring (bicyclic) bond motifs is 1. The number of nitrogens with zero attached hydrogens (tertiary/aromatic N) is 3. The number of aryl methyl sites for hydroxylation is 2. The monoisotopic (exact) mass is 541 g/mol. The average Bonchev–Trinajstić information content (AvgIpc) is 3.34. The van der Waals surface area contributed by atoms with Crippen LogP contribution >= 0.6 is 0 Å².